The third-order valence-corrected chi connectivity index (χ3v) is 4.35. The molecule has 25 heavy (non-hydrogen) atoms. The molecular weight excluding hydrogens is 316 g/mol. The molecule has 4 heterocycles. The van der Waals surface area contributed by atoms with Gasteiger partial charge in [0.05, 0.1) is 6.33 Å². The fourth-order valence-electron chi connectivity index (χ4n) is 3.01. The summed E-state index contributed by atoms with van der Waals surface area (Å²) in [6.45, 7) is 6.53. The van der Waals surface area contributed by atoms with Crippen molar-refractivity contribution >= 4 is 28.7 Å². The van der Waals surface area contributed by atoms with Crippen molar-refractivity contribution in [2.75, 3.05) is 47.8 Å². The van der Waals surface area contributed by atoms with Crippen LogP contribution in [-0.4, -0.2) is 57.6 Å². The van der Waals surface area contributed by atoms with Gasteiger partial charge in [-0.15, -0.1) is 0 Å². The second-order valence-corrected chi connectivity index (χ2v) is 6.06. The Morgan fingerprint density at radius 2 is 1.92 bits per heavy atom. The monoisotopic (exact) mass is 338 g/mol. The van der Waals surface area contributed by atoms with Crippen molar-refractivity contribution < 1.29 is 0 Å². The Labute approximate surface area is 146 Å². The molecule has 3 aromatic rings. The summed E-state index contributed by atoms with van der Waals surface area (Å²) in [5.41, 5.74) is 1.57. The van der Waals surface area contributed by atoms with Crippen molar-refractivity contribution in [3.8, 4) is 0 Å². The largest absolute Gasteiger partial charge is 0.368 e. The Kier molecular flexibility index (Phi) is 4.32. The van der Waals surface area contributed by atoms with Gasteiger partial charge in [-0.3, -0.25) is 0 Å². The Morgan fingerprint density at radius 3 is 2.68 bits per heavy atom. The number of hydrogen-bond acceptors (Lipinski definition) is 7. The first-order valence-electron chi connectivity index (χ1n) is 8.71. The molecule has 0 aliphatic carbocycles. The van der Waals surface area contributed by atoms with Gasteiger partial charge < -0.3 is 20.1 Å². The van der Waals surface area contributed by atoms with Crippen LogP contribution >= 0.6 is 0 Å². The van der Waals surface area contributed by atoms with Gasteiger partial charge in [-0.25, -0.2) is 9.97 Å². The van der Waals surface area contributed by atoms with E-state index in [0.717, 1.165) is 62.2 Å². The third-order valence-electron chi connectivity index (χ3n) is 4.35. The SMILES string of the molecule is CCCNc1nc(N2CCN(c3ccccn3)CC2)nc2nc[nH]c12. The summed E-state index contributed by atoms with van der Waals surface area (Å²) in [7, 11) is 0. The molecule has 0 saturated carbocycles. The van der Waals surface area contributed by atoms with E-state index in [4.69, 9.17) is 4.98 Å². The average molecular weight is 338 g/mol. The molecule has 0 atom stereocenters. The summed E-state index contributed by atoms with van der Waals surface area (Å²) >= 11 is 0. The minimum absolute atomic E-state index is 0.704. The minimum atomic E-state index is 0.704. The normalized spacial score (nSPS) is 14.9. The van der Waals surface area contributed by atoms with Gasteiger partial charge in [0.15, 0.2) is 11.5 Å². The molecule has 0 amide bonds. The maximum atomic E-state index is 4.73. The number of piperazine rings is 1. The van der Waals surface area contributed by atoms with Crippen molar-refractivity contribution in [1.29, 1.82) is 0 Å². The molecule has 0 bridgehead atoms. The zero-order valence-corrected chi connectivity index (χ0v) is 14.3. The molecule has 4 rings (SSSR count). The summed E-state index contributed by atoms with van der Waals surface area (Å²) < 4.78 is 0. The fourth-order valence-corrected chi connectivity index (χ4v) is 3.01. The van der Waals surface area contributed by atoms with Crippen molar-refractivity contribution in [1.82, 2.24) is 24.9 Å². The molecule has 0 radical (unpaired) electrons. The first kappa shape index (κ1) is 15.6. The Hall–Kier alpha value is -2.90. The predicted octanol–water partition coefficient (Wildman–Crippen LogP) is 1.90. The molecule has 1 saturated heterocycles. The number of nitrogens with one attached hydrogen (secondary N) is 2. The summed E-state index contributed by atoms with van der Waals surface area (Å²) in [6.07, 6.45) is 4.54. The zero-order valence-electron chi connectivity index (χ0n) is 14.3. The average Bonchev–Trinajstić information content (AvgIpc) is 3.16. The van der Waals surface area contributed by atoms with Gasteiger partial charge in [0.2, 0.25) is 5.95 Å². The van der Waals surface area contributed by atoms with E-state index in [2.05, 4.69) is 48.0 Å². The highest BCUT2D eigenvalue weighted by Gasteiger charge is 2.21. The van der Waals surface area contributed by atoms with Gasteiger partial charge in [-0.05, 0) is 18.6 Å². The Balaban J connectivity index is 1.52. The number of aromatic nitrogens is 5. The van der Waals surface area contributed by atoms with Crippen LogP contribution in [0, 0.1) is 0 Å². The molecule has 0 spiro atoms. The number of H-pyrrole nitrogens is 1. The number of anilines is 3. The maximum absolute atomic E-state index is 4.73. The molecule has 8 heteroatoms. The van der Waals surface area contributed by atoms with E-state index >= 15 is 0 Å². The van der Waals surface area contributed by atoms with E-state index < -0.39 is 0 Å². The van der Waals surface area contributed by atoms with E-state index in [-0.39, 0.29) is 0 Å². The molecule has 130 valence electrons. The molecule has 1 fully saturated rings. The van der Waals surface area contributed by atoms with Crippen molar-refractivity contribution in [2.24, 2.45) is 0 Å². The first-order valence-corrected chi connectivity index (χ1v) is 8.71. The predicted molar refractivity (Wildman–Crippen MR) is 99.1 cm³/mol. The smallest absolute Gasteiger partial charge is 0.229 e. The number of rotatable bonds is 5. The van der Waals surface area contributed by atoms with Crippen LogP contribution in [0.25, 0.3) is 11.2 Å². The number of imidazole rings is 1. The molecule has 2 N–H and O–H groups in total. The number of nitrogens with zero attached hydrogens (tertiary/aromatic N) is 6. The van der Waals surface area contributed by atoms with E-state index in [1.54, 1.807) is 6.33 Å². The lowest BCUT2D eigenvalue weighted by Crippen LogP contribution is -2.47. The highest BCUT2D eigenvalue weighted by atomic mass is 15.3. The van der Waals surface area contributed by atoms with E-state index in [1.807, 2.05) is 18.3 Å². The quantitative estimate of drug-likeness (QED) is 0.735. The number of pyridine rings is 1. The van der Waals surface area contributed by atoms with Crippen LogP contribution in [-0.2, 0) is 0 Å². The van der Waals surface area contributed by atoms with E-state index in [9.17, 15) is 0 Å². The summed E-state index contributed by atoms with van der Waals surface area (Å²) in [4.78, 5) is 25.7. The van der Waals surface area contributed by atoms with E-state index in [1.165, 1.54) is 0 Å². The van der Waals surface area contributed by atoms with E-state index in [0.29, 0.717) is 5.65 Å². The molecule has 0 unspecified atom stereocenters. The van der Waals surface area contributed by atoms with Crippen LogP contribution < -0.4 is 15.1 Å². The van der Waals surface area contributed by atoms with Gasteiger partial charge in [0, 0.05) is 38.9 Å². The maximum Gasteiger partial charge on any atom is 0.229 e. The summed E-state index contributed by atoms with van der Waals surface area (Å²) in [5.74, 6) is 2.58. The molecule has 3 aromatic heterocycles. The lowest BCUT2D eigenvalue weighted by Gasteiger charge is -2.35. The summed E-state index contributed by atoms with van der Waals surface area (Å²) in [5, 5.41) is 3.37. The molecule has 1 aliphatic rings. The van der Waals surface area contributed by atoms with Gasteiger partial charge in [0.25, 0.3) is 0 Å². The van der Waals surface area contributed by atoms with Crippen molar-refractivity contribution in [2.45, 2.75) is 13.3 Å². The zero-order chi connectivity index (χ0) is 17.1. The lowest BCUT2D eigenvalue weighted by atomic mass is 10.3. The topological polar surface area (TPSA) is 85.9 Å². The highest BCUT2D eigenvalue weighted by molar-refractivity contribution is 5.83. The first-order chi connectivity index (χ1) is 12.3. The van der Waals surface area contributed by atoms with Gasteiger partial charge in [0.1, 0.15) is 11.3 Å². The minimum Gasteiger partial charge on any atom is -0.368 e. The third kappa shape index (κ3) is 3.19. The molecular formula is C17H22N8. The van der Waals surface area contributed by atoms with Crippen LogP contribution in [0.15, 0.2) is 30.7 Å². The number of hydrogen-bond donors (Lipinski definition) is 2. The van der Waals surface area contributed by atoms with Crippen molar-refractivity contribution in [3.63, 3.8) is 0 Å². The standard InChI is InChI=1S/C17H22N8/c1-2-6-19-15-14-16(21-12-20-14)23-17(22-15)25-10-8-24(9-11-25)13-5-3-4-7-18-13/h3-5,7,12H,2,6,8-11H2,1H3,(H2,19,20,21,22,23). The number of fused-ring (bicyclic) bond motifs is 1. The van der Waals surface area contributed by atoms with Gasteiger partial charge in [-0.2, -0.15) is 9.97 Å². The van der Waals surface area contributed by atoms with Gasteiger partial charge >= 0.3 is 0 Å². The molecule has 1 aliphatic heterocycles. The fraction of sp³-hybridized carbons (Fsp3) is 0.412. The van der Waals surface area contributed by atoms with Crippen LogP contribution in [0.4, 0.5) is 17.6 Å². The number of aromatic amines is 1. The summed E-state index contributed by atoms with van der Waals surface area (Å²) in [6, 6.07) is 6.02. The van der Waals surface area contributed by atoms with Crippen LogP contribution in [0.2, 0.25) is 0 Å². The lowest BCUT2D eigenvalue weighted by molar-refractivity contribution is 0.636. The molecule has 8 nitrogen and oxygen atoms in total. The van der Waals surface area contributed by atoms with Crippen LogP contribution in [0.3, 0.4) is 0 Å². The van der Waals surface area contributed by atoms with Crippen molar-refractivity contribution in [3.05, 3.63) is 30.7 Å². The molecule has 0 aromatic carbocycles. The van der Waals surface area contributed by atoms with Crippen LogP contribution in [0.5, 0.6) is 0 Å². The Morgan fingerprint density at radius 1 is 1.08 bits per heavy atom. The van der Waals surface area contributed by atoms with Crippen LogP contribution in [0.1, 0.15) is 13.3 Å². The Bertz CT molecular complexity index is 823. The van der Waals surface area contributed by atoms with Gasteiger partial charge in [-0.1, -0.05) is 13.0 Å². The highest BCUT2D eigenvalue weighted by Crippen LogP contribution is 2.22. The second-order valence-electron chi connectivity index (χ2n) is 6.06. The second kappa shape index (κ2) is 6.92.